The number of anilines is 1. The van der Waals surface area contributed by atoms with Gasteiger partial charge in [-0.2, -0.15) is 0 Å². The molecule has 18 heavy (non-hydrogen) atoms. The molecule has 3 rings (SSSR count). The van der Waals surface area contributed by atoms with E-state index in [0.29, 0.717) is 17.9 Å². The van der Waals surface area contributed by atoms with Crippen molar-refractivity contribution >= 4 is 11.5 Å². The second-order valence-corrected chi connectivity index (χ2v) is 5.53. The molecule has 96 valence electrons. The molecule has 1 saturated heterocycles. The monoisotopic (exact) mass is 245 g/mol. The first-order valence-electron chi connectivity index (χ1n) is 6.73. The van der Waals surface area contributed by atoms with Gasteiger partial charge >= 0.3 is 0 Å². The zero-order chi connectivity index (χ0) is 12.6. The van der Waals surface area contributed by atoms with E-state index in [-0.39, 0.29) is 17.3 Å². The van der Waals surface area contributed by atoms with E-state index >= 15 is 0 Å². The summed E-state index contributed by atoms with van der Waals surface area (Å²) < 4.78 is 5.86. The number of carbonyl (C=O) groups is 1. The van der Waals surface area contributed by atoms with E-state index in [9.17, 15) is 4.79 Å². The Morgan fingerprint density at radius 3 is 2.78 bits per heavy atom. The highest BCUT2D eigenvalue weighted by atomic mass is 16.5. The molecule has 1 aliphatic heterocycles. The van der Waals surface area contributed by atoms with Crippen LogP contribution in [0.4, 0.5) is 5.69 Å². The largest absolute Gasteiger partial charge is 0.398 e. The summed E-state index contributed by atoms with van der Waals surface area (Å²) in [5.41, 5.74) is 7.18. The van der Waals surface area contributed by atoms with E-state index in [1.54, 1.807) is 6.07 Å². The van der Waals surface area contributed by atoms with E-state index in [0.717, 1.165) is 25.7 Å². The number of ether oxygens (including phenoxy) is 1. The third kappa shape index (κ3) is 1.93. The molecule has 1 heterocycles. The van der Waals surface area contributed by atoms with Crippen LogP contribution in [-0.4, -0.2) is 18.0 Å². The Bertz CT molecular complexity index is 465. The topological polar surface area (TPSA) is 52.3 Å². The molecule has 1 unspecified atom stereocenters. The molecule has 1 saturated carbocycles. The molecule has 2 fully saturated rings. The molecule has 3 nitrogen and oxygen atoms in total. The molecule has 1 aromatic carbocycles. The van der Waals surface area contributed by atoms with Crippen molar-refractivity contribution in [3.05, 3.63) is 29.8 Å². The van der Waals surface area contributed by atoms with Crippen molar-refractivity contribution in [2.24, 2.45) is 5.92 Å². The van der Waals surface area contributed by atoms with Crippen LogP contribution in [0.15, 0.2) is 24.3 Å². The first-order chi connectivity index (χ1) is 8.70. The van der Waals surface area contributed by atoms with Crippen LogP contribution >= 0.6 is 0 Å². The Kier molecular flexibility index (Phi) is 2.86. The summed E-state index contributed by atoms with van der Waals surface area (Å²) in [6, 6.07) is 7.37. The first-order valence-corrected chi connectivity index (χ1v) is 6.73. The lowest BCUT2D eigenvalue weighted by molar-refractivity contribution is -0.137. The zero-order valence-electron chi connectivity index (χ0n) is 10.5. The van der Waals surface area contributed by atoms with Gasteiger partial charge in [-0.1, -0.05) is 12.1 Å². The number of para-hydroxylation sites is 1. The predicted molar refractivity (Wildman–Crippen MR) is 70.4 cm³/mol. The lowest BCUT2D eigenvalue weighted by Crippen LogP contribution is -2.47. The number of benzene rings is 1. The van der Waals surface area contributed by atoms with Crippen molar-refractivity contribution in [1.29, 1.82) is 0 Å². The Morgan fingerprint density at radius 2 is 2.11 bits per heavy atom. The molecule has 1 aromatic rings. The minimum absolute atomic E-state index is 0.0160. The smallest absolute Gasteiger partial charge is 0.168 e. The fraction of sp³-hybridized carbons (Fsp3) is 0.533. The van der Waals surface area contributed by atoms with Crippen LogP contribution in [0.5, 0.6) is 0 Å². The average molecular weight is 245 g/mol. The Morgan fingerprint density at radius 1 is 1.33 bits per heavy atom. The third-order valence-electron chi connectivity index (χ3n) is 4.35. The number of nitrogens with two attached hydrogens (primary N) is 1. The van der Waals surface area contributed by atoms with Crippen LogP contribution in [0.25, 0.3) is 0 Å². The molecule has 1 spiro atoms. The summed E-state index contributed by atoms with van der Waals surface area (Å²) >= 11 is 0. The zero-order valence-corrected chi connectivity index (χ0v) is 10.5. The molecule has 3 heteroatoms. The first kappa shape index (κ1) is 11.7. The van der Waals surface area contributed by atoms with Gasteiger partial charge in [-0.3, -0.25) is 4.79 Å². The van der Waals surface area contributed by atoms with E-state index in [4.69, 9.17) is 10.5 Å². The summed E-state index contributed by atoms with van der Waals surface area (Å²) in [4.78, 5) is 12.5. The van der Waals surface area contributed by atoms with Gasteiger partial charge in [0.15, 0.2) is 5.78 Å². The number of Topliss-reactive ketones (excluding diaryl/α,β-unsaturated/α-hetero) is 1. The van der Waals surface area contributed by atoms with Crippen molar-refractivity contribution in [1.82, 2.24) is 0 Å². The second-order valence-electron chi connectivity index (χ2n) is 5.53. The number of hydrogen-bond acceptors (Lipinski definition) is 3. The molecule has 0 aromatic heterocycles. The maximum absolute atomic E-state index is 12.5. The molecule has 0 amide bonds. The van der Waals surface area contributed by atoms with Gasteiger partial charge in [0.05, 0.1) is 5.60 Å². The molecular weight excluding hydrogens is 226 g/mol. The molecule has 2 N–H and O–H groups in total. The molecule has 1 atom stereocenters. The molecule has 0 radical (unpaired) electrons. The van der Waals surface area contributed by atoms with Crippen molar-refractivity contribution < 1.29 is 9.53 Å². The van der Waals surface area contributed by atoms with Gasteiger partial charge in [0.2, 0.25) is 0 Å². The van der Waals surface area contributed by atoms with E-state index < -0.39 is 0 Å². The Labute approximate surface area is 107 Å². The SMILES string of the molecule is Nc1ccccc1C(=O)C1CCOC2(CCC2)C1. The summed E-state index contributed by atoms with van der Waals surface area (Å²) in [5.74, 6) is 0.284. The van der Waals surface area contributed by atoms with Crippen LogP contribution < -0.4 is 5.73 Å². The number of ketones is 1. The van der Waals surface area contributed by atoms with Gasteiger partial charge in [0, 0.05) is 23.8 Å². The quantitative estimate of drug-likeness (QED) is 0.644. The van der Waals surface area contributed by atoms with Gasteiger partial charge in [0.25, 0.3) is 0 Å². The van der Waals surface area contributed by atoms with Crippen LogP contribution in [0, 0.1) is 5.92 Å². The van der Waals surface area contributed by atoms with E-state index in [1.807, 2.05) is 18.2 Å². The second kappa shape index (κ2) is 4.39. The standard InChI is InChI=1S/C15H19NO2/c16-13-5-2-1-4-12(13)14(17)11-6-9-18-15(10-11)7-3-8-15/h1-2,4-5,11H,3,6-10,16H2. The number of rotatable bonds is 2. The lowest BCUT2D eigenvalue weighted by Gasteiger charge is -2.46. The lowest BCUT2D eigenvalue weighted by atomic mass is 9.70. The van der Waals surface area contributed by atoms with Crippen molar-refractivity contribution in [3.8, 4) is 0 Å². The number of nitrogen functional groups attached to an aromatic ring is 1. The highest BCUT2D eigenvalue weighted by Crippen LogP contribution is 2.45. The summed E-state index contributed by atoms with van der Waals surface area (Å²) in [6.07, 6.45) is 5.16. The Hall–Kier alpha value is -1.35. The summed E-state index contributed by atoms with van der Waals surface area (Å²) in [7, 11) is 0. The minimum Gasteiger partial charge on any atom is -0.398 e. The van der Waals surface area contributed by atoms with Crippen molar-refractivity contribution in [3.63, 3.8) is 0 Å². The van der Waals surface area contributed by atoms with Gasteiger partial charge in [-0.25, -0.2) is 0 Å². The molecule has 2 aliphatic rings. The van der Waals surface area contributed by atoms with E-state index in [1.165, 1.54) is 6.42 Å². The highest BCUT2D eigenvalue weighted by molar-refractivity contribution is 6.02. The number of hydrogen-bond donors (Lipinski definition) is 1. The highest BCUT2D eigenvalue weighted by Gasteiger charge is 2.44. The average Bonchev–Trinajstić information content (AvgIpc) is 2.37. The van der Waals surface area contributed by atoms with Gasteiger partial charge in [-0.05, 0) is 44.2 Å². The van der Waals surface area contributed by atoms with Crippen molar-refractivity contribution in [2.45, 2.75) is 37.7 Å². The summed E-state index contributed by atoms with van der Waals surface area (Å²) in [6.45, 7) is 0.711. The fourth-order valence-corrected chi connectivity index (χ4v) is 3.11. The van der Waals surface area contributed by atoms with Gasteiger partial charge in [0.1, 0.15) is 0 Å². The fourth-order valence-electron chi connectivity index (χ4n) is 3.11. The number of carbonyl (C=O) groups excluding carboxylic acids is 1. The third-order valence-corrected chi connectivity index (χ3v) is 4.35. The van der Waals surface area contributed by atoms with Crippen LogP contribution in [-0.2, 0) is 4.74 Å². The molecular formula is C15H19NO2. The van der Waals surface area contributed by atoms with Gasteiger partial charge < -0.3 is 10.5 Å². The van der Waals surface area contributed by atoms with Crippen LogP contribution in [0.3, 0.4) is 0 Å². The summed E-state index contributed by atoms with van der Waals surface area (Å²) in [5, 5.41) is 0. The van der Waals surface area contributed by atoms with Crippen molar-refractivity contribution in [2.75, 3.05) is 12.3 Å². The molecule has 0 bridgehead atoms. The van der Waals surface area contributed by atoms with Crippen LogP contribution in [0.1, 0.15) is 42.5 Å². The maximum atomic E-state index is 12.5. The maximum Gasteiger partial charge on any atom is 0.168 e. The van der Waals surface area contributed by atoms with Gasteiger partial charge in [-0.15, -0.1) is 0 Å². The molecule has 1 aliphatic carbocycles. The predicted octanol–water partition coefficient (Wildman–Crippen LogP) is 2.80. The Balaban J connectivity index is 1.78. The normalized spacial score (nSPS) is 25.7. The van der Waals surface area contributed by atoms with Crippen LogP contribution in [0.2, 0.25) is 0 Å². The van der Waals surface area contributed by atoms with E-state index in [2.05, 4.69) is 0 Å². The minimum atomic E-state index is 0.0160.